The zero-order valence-electron chi connectivity index (χ0n) is 9.47. The molecule has 1 heterocycles. The van der Waals surface area contributed by atoms with E-state index in [9.17, 15) is 0 Å². The van der Waals surface area contributed by atoms with Crippen LogP contribution in [0.3, 0.4) is 0 Å². The van der Waals surface area contributed by atoms with E-state index in [1.165, 1.54) is 0 Å². The standard InChI is InChI=1S/C11H16N2O2S/c1-8(2)14-5-6-15-10-4-3-9(7-13-10)11(12)16/h3-4,7-8H,5-6H2,1-2H3,(H2,12,16). The molecule has 0 aliphatic rings. The largest absolute Gasteiger partial charge is 0.475 e. The maximum Gasteiger partial charge on any atom is 0.213 e. The van der Waals surface area contributed by atoms with Crippen LogP contribution in [0.15, 0.2) is 18.3 Å². The highest BCUT2D eigenvalue weighted by Gasteiger charge is 1.99. The average Bonchev–Trinajstić information content (AvgIpc) is 2.25. The molecule has 2 N–H and O–H groups in total. The fraction of sp³-hybridized carbons (Fsp3) is 0.455. The number of hydrogen-bond donors (Lipinski definition) is 1. The van der Waals surface area contributed by atoms with Crippen molar-refractivity contribution in [3.63, 3.8) is 0 Å². The molecule has 0 spiro atoms. The molecular formula is C11H16N2O2S. The fourth-order valence-corrected chi connectivity index (χ4v) is 1.16. The predicted octanol–water partition coefficient (Wildman–Crippen LogP) is 1.52. The third-order valence-corrected chi connectivity index (χ3v) is 2.04. The van der Waals surface area contributed by atoms with Gasteiger partial charge in [-0.15, -0.1) is 0 Å². The van der Waals surface area contributed by atoms with Crippen LogP contribution < -0.4 is 10.5 Å². The lowest BCUT2D eigenvalue weighted by Crippen LogP contribution is -2.12. The molecule has 0 aliphatic heterocycles. The zero-order chi connectivity index (χ0) is 12.0. The quantitative estimate of drug-likeness (QED) is 0.603. The number of aromatic nitrogens is 1. The summed E-state index contributed by atoms with van der Waals surface area (Å²) < 4.78 is 10.7. The predicted molar refractivity (Wildman–Crippen MR) is 66.7 cm³/mol. The number of hydrogen-bond acceptors (Lipinski definition) is 4. The molecule has 0 aliphatic carbocycles. The van der Waals surface area contributed by atoms with Gasteiger partial charge < -0.3 is 15.2 Å². The first-order valence-corrected chi connectivity index (χ1v) is 5.50. The smallest absolute Gasteiger partial charge is 0.213 e. The molecule has 0 saturated carbocycles. The minimum atomic E-state index is 0.216. The molecule has 0 radical (unpaired) electrons. The van der Waals surface area contributed by atoms with Gasteiger partial charge in [0.2, 0.25) is 5.88 Å². The van der Waals surface area contributed by atoms with E-state index in [1.807, 2.05) is 13.8 Å². The van der Waals surface area contributed by atoms with Gasteiger partial charge >= 0.3 is 0 Å². The van der Waals surface area contributed by atoms with Gasteiger partial charge in [0.15, 0.2) is 0 Å². The van der Waals surface area contributed by atoms with Crippen molar-refractivity contribution in [2.45, 2.75) is 20.0 Å². The zero-order valence-corrected chi connectivity index (χ0v) is 10.3. The van der Waals surface area contributed by atoms with Gasteiger partial charge in [-0.25, -0.2) is 4.98 Å². The molecule has 0 amide bonds. The minimum Gasteiger partial charge on any atom is -0.475 e. The van der Waals surface area contributed by atoms with Crippen molar-refractivity contribution >= 4 is 17.2 Å². The Kier molecular flexibility index (Phi) is 5.14. The Morgan fingerprint density at radius 1 is 1.44 bits per heavy atom. The SMILES string of the molecule is CC(C)OCCOc1ccc(C(N)=S)cn1. The highest BCUT2D eigenvalue weighted by molar-refractivity contribution is 7.80. The van der Waals surface area contributed by atoms with Gasteiger partial charge in [0.1, 0.15) is 11.6 Å². The van der Waals surface area contributed by atoms with E-state index in [4.69, 9.17) is 27.4 Å². The van der Waals surface area contributed by atoms with Crippen LogP contribution in [0.1, 0.15) is 19.4 Å². The van der Waals surface area contributed by atoms with Crippen LogP contribution in [-0.2, 0) is 4.74 Å². The maximum absolute atomic E-state index is 5.45. The molecule has 0 atom stereocenters. The molecule has 1 aromatic heterocycles. The lowest BCUT2D eigenvalue weighted by molar-refractivity contribution is 0.0542. The minimum absolute atomic E-state index is 0.216. The topological polar surface area (TPSA) is 57.4 Å². The van der Waals surface area contributed by atoms with Crippen molar-refractivity contribution in [1.29, 1.82) is 0 Å². The second kappa shape index (κ2) is 6.40. The first kappa shape index (κ1) is 12.9. The summed E-state index contributed by atoms with van der Waals surface area (Å²) in [5.41, 5.74) is 6.19. The second-order valence-corrected chi connectivity index (χ2v) is 3.96. The van der Waals surface area contributed by atoms with Crippen LogP contribution in [0, 0.1) is 0 Å². The van der Waals surface area contributed by atoms with Crippen LogP contribution in [0.25, 0.3) is 0 Å². The van der Waals surface area contributed by atoms with E-state index >= 15 is 0 Å². The van der Waals surface area contributed by atoms with Gasteiger partial charge in [0, 0.05) is 17.8 Å². The highest BCUT2D eigenvalue weighted by Crippen LogP contribution is 2.07. The maximum atomic E-state index is 5.45. The molecule has 0 bridgehead atoms. The Hall–Kier alpha value is -1.20. The molecule has 1 aromatic rings. The molecular weight excluding hydrogens is 224 g/mol. The van der Waals surface area contributed by atoms with Crippen LogP contribution in [-0.4, -0.2) is 29.3 Å². The summed E-state index contributed by atoms with van der Waals surface area (Å²) in [7, 11) is 0. The molecule has 0 unspecified atom stereocenters. The monoisotopic (exact) mass is 240 g/mol. The van der Waals surface area contributed by atoms with Crippen LogP contribution in [0.5, 0.6) is 5.88 Å². The van der Waals surface area contributed by atoms with Crippen LogP contribution in [0.2, 0.25) is 0 Å². The Labute approximate surface area is 101 Å². The van der Waals surface area contributed by atoms with E-state index in [0.29, 0.717) is 24.1 Å². The van der Waals surface area contributed by atoms with Crippen LogP contribution >= 0.6 is 12.2 Å². The first-order chi connectivity index (χ1) is 7.59. The summed E-state index contributed by atoms with van der Waals surface area (Å²) in [4.78, 5) is 4.41. The first-order valence-electron chi connectivity index (χ1n) is 5.10. The lowest BCUT2D eigenvalue weighted by Gasteiger charge is -2.08. The van der Waals surface area contributed by atoms with Crippen molar-refractivity contribution in [1.82, 2.24) is 4.98 Å². The third-order valence-electron chi connectivity index (χ3n) is 1.81. The summed E-state index contributed by atoms with van der Waals surface area (Å²) >= 11 is 4.82. The third kappa shape index (κ3) is 4.55. The van der Waals surface area contributed by atoms with Gasteiger partial charge in [0.05, 0.1) is 12.7 Å². The Morgan fingerprint density at radius 2 is 2.19 bits per heavy atom. The summed E-state index contributed by atoms with van der Waals surface area (Å²) in [6.07, 6.45) is 1.81. The van der Waals surface area contributed by atoms with Crippen molar-refractivity contribution in [3.05, 3.63) is 23.9 Å². The number of pyridine rings is 1. The molecule has 5 heteroatoms. The Bertz CT molecular complexity index is 338. The van der Waals surface area contributed by atoms with Crippen LogP contribution in [0.4, 0.5) is 0 Å². The van der Waals surface area contributed by atoms with E-state index in [2.05, 4.69) is 4.98 Å². The molecule has 4 nitrogen and oxygen atoms in total. The number of thiocarbonyl (C=S) groups is 1. The summed E-state index contributed by atoms with van der Waals surface area (Å²) in [5, 5.41) is 0. The second-order valence-electron chi connectivity index (χ2n) is 3.52. The van der Waals surface area contributed by atoms with Gasteiger partial charge in [0.25, 0.3) is 0 Å². The van der Waals surface area contributed by atoms with Gasteiger partial charge in [-0.05, 0) is 19.9 Å². The van der Waals surface area contributed by atoms with Gasteiger partial charge in [-0.1, -0.05) is 12.2 Å². The van der Waals surface area contributed by atoms with E-state index < -0.39 is 0 Å². The van der Waals surface area contributed by atoms with Crippen molar-refractivity contribution in [2.24, 2.45) is 5.73 Å². The summed E-state index contributed by atoms with van der Waals surface area (Å²) in [6, 6.07) is 3.53. The Balaban J connectivity index is 2.35. The lowest BCUT2D eigenvalue weighted by atomic mass is 10.3. The van der Waals surface area contributed by atoms with E-state index in [-0.39, 0.29) is 6.10 Å². The number of rotatable bonds is 6. The van der Waals surface area contributed by atoms with Crippen molar-refractivity contribution in [3.8, 4) is 5.88 Å². The number of nitrogens with two attached hydrogens (primary N) is 1. The molecule has 0 saturated heterocycles. The average molecular weight is 240 g/mol. The van der Waals surface area contributed by atoms with Crippen molar-refractivity contribution in [2.75, 3.05) is 13.2 Å². The molecule has 1 rings (SSSR count). The molecule has 88 valence electrons. The molecule has 0 aromatic carbocycles. The summed E-state index contributed by atoms with van der Waals surface area (Å²) in [6.45, 7) is 5.00. The highest BCUT2D eigenvalue weighted by atomic mass is 32.1. The number of nitrogens with zero attached hydrogens (tertiary/aromatic N) is 1. The van der Waals surface area contributed by atoms with Crippen molar-refractivity contribution < 1.29 is 9.47 Å². The van der Waals surface area contributed by atoms with Gasteiger partial charge in [-0.2, -0.15) is 0 Å². The van der Waals surface area contributed by atoms with E-state index in [0.717, 1.165) is 5.56 Å². The molecule has 0 fully saturated rings. The molecule has 16 heavy (non-hydrogen) atoms. The summed E-state index contributed by atoms with van der Waals surface area (Å²) in [5.74, 6) is 0.548. The normalized spacial score (nSPS) is 10.4. The number of ether oxygens (including phenoxy) is 2. The fourth-order valence-electron chi connectivity index (χ4n) is 1.04. The van der Waals surface area contributed by atoms with E-state index in [1.54, 1.807) is 18.3 Å². The Morgan fingerprint density at radius 3 is 2.69 bits per heavy atom. The van der Waals surface area contributed by atoms with Gasteiger partial charge in [-0.3, -0.25) is 0 Å².